The average molecular weight is 305 g/mol. The number of sulfonamides is 1. The third kappa shape index (κ3) is 5.01. The van der Waals surface area contributed by atoms with Gasteiger partial charge in [0.15, 0.2) is 0 Å². The minimum absolute atomic E-state index is 0.210. The van der Waals surface area contributed by atoms with Crippen molar-refractivity contribution in [1.29, 1.82) is 0 Å². The van der Waals surface area contributed by atoms with Crippen LogP contribution in [0, 0.1) is 11.3 Å². The maximum Gasteiger partial charge on any atom is 0.211 e. The second kappa shape index (κ2) is 7.76. The Balaban J connectivity index is 2.68. The highest BCUT2D eigenvalue weighted by Crippen LogP contribution is 2.37. The zero-order valence-corrected chi connectivity index (χ0v) is 14.2. The highest BCUT2D eigenvalue weighted by atomic mass is 32.2. The number of piperidine rings is 1. The molecule has 2 N–H and O–H groups in total. The normalized spacial score (nSPS) is 24.5. The summed E-state index contributed by atoms with van der Waals surface area (Å²) >= 11 is 0. The van der Waals surface area contributed by atoms with Crippen molar-refractivity contribution in [3.63, 3.8) is 0 Å². The molecule has 5 heteroatoms. The van der Waals surface area contributed by atoms with Crippen molar-refractivity contribution in [2.45, 2.75) is 58.8 Å². The van der Waals surface area contributed by atoms with Crippen molar-refractivity contribution < 1.29 is 8.42 Å². The first-order valence-corrected chi connectivity index (χ1v) is 9.87. The van der Waals surface area contributed by atoms with Gasteiger partial charge in [-0.2, -0.15) is 0 Å². The summed E-state index contributed by atoms with van der Waals surface area (Å²) < 4.78 is 25.1. The van der Waals surface area contributed by atoms with E-state index in [0.717, 1.165) is 32.2 Å². The van der Waals surface area contributed by atoms with E-state index < -0.39 is 10.0 Å². The molecule has 1 fully saturated rings. The first kappa shape index (κ1) is 17.9. The number of hydrogen-bond acceptors (Lipinski definition) is 3. The minimum Gasteiger partial charge on any atom is -0.330 e. The topological polar surface area (TPSA) is 63.4 Å². The second-order valence-corrected chi connectivity index (χ2v) is 8.48. The molecule has 0 aliphatic carbocycles. The van der Waals surface area contributed by atoms with Crippen molar-refractivity contribution in [3.05, 3.63) is 0 Å². The van der Waals surface area contributed by atoms with Gasteiger partial charge >= 0.3 is 0 Å². The van der Waals surface area contributed by atoms with Crippen LogP contribution in [0.25, 0.3) is 0 Å². The largest absolute Gasteiger partial charge is 0.330 e. The number of hydrogen-bond donors (Lipinski definition) is 1. The summed E-state index contributed by atoms with van der Waals surface area (Å²) in [5.74, 6) is 0.471. The van der Waals surface area contributed by atoms with E-state index in [0.29, 0.717) is 19.0 Å². The Morgan fingerprint density at radius 2 is 2.05 bits per heavy atom. The van der Waals surface area contributed by atoms with E-state index in [-0.39, 0.29) is 5.41 Å². The van der Waals surface area contributed by atoms with Crippen molar-refractivity contribution in [1.82, 2.24) is 4.31 Å². The first-order valence-electron chi connectivity index (χ1n) is 8.02. The summed E-state index contributed by atoms with van der Waals surface area (Å²) in [7, 11) is -3.04. The highest BCUT2D eigenvalue weighted by Gasteiger charge is 2.33. The van der Waals surface area contributed by atoms with E-state index in [2.05, 4.69) is 13.8 Å². The van der Waals surface area contributed by atoms with Gasteiger partial charge in [0.25, 0.3) is 0 Å². The molecule has 120 valence electrons. The molecule has 1 aliphatic rings. The zero-order chi connectivity index (χ0) is 15.2. The fourth-order valence-corrected chi connectivity index (χ4v) is 4.35. The van der Waals surface area contributed by atoms with Crippen molar-refractivity contribution in [2.24, 2.45) is 17.1 Å². The van der Waals surface area contributed by atoms with Crippen LogP contribution in [-0.4, -0.2) is 38.6 Å². The predicted molar refractivity (Wildman–Crippen MR) is 85.1 cm³/mol. The van der Waals surface area contributed by atoms with Crippen LogP contribution in [0.1, 0.15) is 58.8 Å². The van der Waals surface area contributed by atoms with Crippen molar-refractivity contribution in [3.8, 4) is 0 Å². The summed E-state index contributed by atoms with van der Waals surface area (Å²) in [6, 6.07) is 0. The third-order valence-electron chi connectivity index (χ3n) is 4.92. The standard InChI is InChI=1S/C15H32N2O2S/c1-4-6-9-15(5-2,13-16)11-14-8-7-10-17(12-14)20(3,18)19/h14H,4-13,16H2,1-3H3. The van der Waals surface area contributed by atoms with Crippen LogP contribution < -0.4 is 5.73 Å². The van der Waals surface area contributed by atoms with Gasteiger partial charge < -0.3 is 5.73 Å². The van der Waals surface area contributed by atoms with Crippen LogP contribution >= 0.6 is 0 Å². The van der Waals surface area contributed by atoms with Crippen LogP contribution in [0.3, 0.4) is 0 Å². The molecule has 2 atom stereocenters. The molecule has 1 rings (SSSR count). The number of unbranched alkanes of at least 4 members (excludes halogenated alkanes) is 1. The number of nitrogens with zero attached hydrogens (tertiary/aromatic N) is 1. The Hall–Kier alpha value is -0.130. The van der Waals surface area contributed by atoms with Gasteiger partial charge in [0.1, 0.15) is 0 Å². The van der Waals surface area contributed by atoms with Gasteiger partial charge in [-0.3, -0.25) is 0 Å². The lowest BCUT2D eigenvalue weighted by atomic mass is 9.72. The maximum atomic E-state index is 11.7. The van der Waals surface area contributed by atoms with Gasteiger partial charge in [-0.25, -0.2) is 12.7 Å². The van der Waals surface area contributed by atoms with Gasteiger partial charge in [0, 0.05) is 13.1 Å². The molecule has 0 aromatic rings. The molecule has 0 amide bonds. The lowest BCUT2D eigenvalue weighted by Gasteiger charge is -2.39. The fraction of sp³-hybridized carbons (Fsp3) is 1.00. The second-order valence-electron chi connectivity index (χ2n) is 6.49. The molecular weight excluding hydrogens is 272 g/mol. The highest BCUT2D eigenvalue weighted by molar-refractivity contribution is 7.88. The summed E-state index contributed by atoms with van der Waals surface area (Å²) in [5, 5.41) is 0. The maximum absolute atomic E-state index is 11.7. The van der Waals surface area contributed by atoms with E-state index in [9.17, 15) is 8.42 Å². The van der Waals surface area contributed by atoms with Crippen LogP contribution in [0.15, 0.2) is 0 Å². The monoisotopic (exact) mass is 304 g/mol. The van der Waals surface area contributed by atoms with Gasteiger partial charge in [-0.15, -0.1) is 0 Å². The van der Waals surface area contributed by atoms with E-state index >= 15 is 0 Å². The quantitative estimate of drug-likeness (QED) is 0.749. The molecule has 4 nitrogen and oxygen atoms in total. The molecule has 0 aromatic heterocycles. The van der Waals surface area contributed by atoms with Crippen LogP contribution in [-0.2, 0) is 10.0 Å². The molecule has 0 saturated carbocycles. The zero-order valence-electron chi connectivity index (χ0n) is 13.4. The fourth-order valence-electron chi connectivity index (χ4n) is 3.41. The van der Waals surface area contributed by atoms with E-state index in [1.54, 1.807) is 4.31 Å². The molecule has 0 bridgehead atoms. The lowest BCUT2D eigenvalue weighted by Crippen LogP contribution is -2.42. The molecular formula is C15H32N2O2S. The average Bonchev–Trinajstić information content (AvgIpc) is 2.43. The number of nitrogens with two attached hydrogens (primary N) is 1. The summed E-state index contributed by atoms with van der Waals surface area (Å²) in [6.07, 6.45) is 9.20. The van der Waals surface area contributed by atoms with Gasteiger partial charge in [-0.05, 0) is 50.0 Å². The minimum atomic E-state index is -3.04. The Morgan fingerprint density at radius 3 is 2.55 bits per heavy atom. The smallest absolute Gasteiger partial charge is 0.211 e. The van der Waals surface area contributed by atoms with Crippen molar-refractivity contribution in [2.75, 3.05) is 25.9 Å². The molecule has 0 spiro atoms. The van der Waals surface area contributed by atoms with E-state index in [4.69, 9.17) is 5.73 Å². The van der Waals surface area contributed by atoms with Gasteiger partial charge in [-0.1, -0.05) is 26.7 Å². The molecule has 2 unspecified atom stereocenters. The Bertz CT molecular complexity index is 377. The first-order chi connectivity index (χ1) is 9.37. The van der Waals surface area contributed by atoms with E-state index in [1.807, 2.05) is 0 Å². The van der Waals surface area contributed by atoms with Gasteiger partial charge in [0.2, 0.25) is 10.0 Å². The number of rotatable bonds is 8. The molecule has 0 radical (unpaired) electrons. The molecule has 1 saturated heterocycles. The lowest BCUT2D eigenvalue weighted by molar-refractivity contribution is 0.149. The summed E-state index contributed by atoms with van der Waals surface area (Å²) in [6.45, 7) is 6.53. The van der Waals surface area contributed by atoms with Gasteiger partial charge in [0.05, 0.1) is 6.26 Å². The third-order valence-corrected chi connectivity index (χ3v) is 6.19. The SMILES string of the molecule is CCCCC(CC)(CN)CC1CCCN(S(C)(=O)=O)C1. The van der Waals surface area contributed by atoms with Crippen LogP contribution in [0.2, 0.25) is 0 Å². The molecule has 20 heavy (non-hydrogen) atoms. The van der Waals surface area contributed by atoms with Crippen molar-refractivity contribution >= 4 is 10.0 Å². The summed E-state index contributed by atoms with van der Waals surface area (Å²) in [4.78, 5) is 0. The van der Waals surface area contributed by atoms with E-state index in [1.165, 1.54) is 25.5 Å². The molecule has 1 aliphatic heterocycles. The van der Waals surface area contributed by atoms with Crippen LogP contribution in [0.5, 0.6) is 0 Å². The Morgan fingerprint density at radius 1 is 1.35 bits per heavy atom. The van der Waals surface area contributed by atoms with Crippen LogP contribution in [0.4, 0.5) is 0 Å². The summed E-state index contributed by atoms with van der Waals surface area (Å²) in [5.41, 5.74) is 6.27. The molecule has 1 heterocycles. The predicted octanol–water partition coefficient (Wildman–Crippen LogP) is 2.59. The Kier molecular flexibility index (Phi) is 6.95. The Labute approximate surface area is 125 Å². The molecule has 0 aromatic carbocycles.